The fourth-order valence-corrected chi connectivity index (χ4v) is 1.15. The Kier molecular flexibility index (Phi) is 2.32. The molecule has 0 aliphatic heterocycles. The van der Waals surface area contributed by atoms with Crippen molar-refractivity contribution in [3.8, 4) is 0 Å². The van der Waals surface area contributed by atoms with Gasteiger partial charge in [0.1, 0.15) is 0 Å². The van der Waals surface area contributed by atoms with Crippen molar-refractivity contribution in [2.24, 2.45) is 17.6 Å². The predicted octanol–water partition coefficient (Wildman–Crippen LogP) is 0.741. The van der Waals surface area contributed by atoms with Crippen LogP contribution in [0.2, 0.25) is 0 Å². The van der Waals surface area contributed by atoms with E-state index in [0.29, 0.717) is 11.8 Å². The van der Waals surface area contributed by atoms with Crippen molar-refractivity contribution in [3.63, 3.8) is 0 Å². The zero-order valence-electron chi connectivity index (χ0n) is 6.75. The minimum Gasteiger partial charge on any atom is -0.391 e. The van der Waals surface area contributed by atoms with Crippen LogP contribution in [0.1, 0.15) is 26.7 Å². The average Bonchev–Trinajstić information content (AvgIpc) is 2.65. The second kappa shape index (κ2) is 2.89. The van der Waals surface area contributed by atoms with Gasteiger partial charge in [-0.2, -0.15) is 0 Å². The number of hydrogen-bond donors (Lipinski definition) is 2. The van der Waals surface area contributed by atoms with Gasteiger partial charge < -0.3 is 10.8 Å². The highest BCUT2D eigenvalue weighted by Gasteiger charge is 2.34. The van der Waals surface area contributed by atoms with Crippen molar-refractivity contribution in [2.45, 2.75) is 38.8 Å². The summed E-state index contributed by atoms with van der Waals surface area (Å²) >= 11 is 0. The van der Waals surface area contributed by atoms with E-state index >= 15 is 0 Å². The third-order valence-corrected chi connectivity index (χ3v) is 2.27. The molecule has 0 heterocycles. The van der Waals surface area contributed by atoms with Gasteiger partial charge in [0.05, 0.1) is 6.10 Å². The van der Waals surface area contributed by atoms with E-state index in [4.69, 9.17) is 5.73 Å². The quantitative estimate of drug-likeness (QED) is 0.612. The molecule has 1 rings (SSSR count). The summed E-state index contributed by atoms with van der Waals surface area (Å²) in [5.41, 5.74) is 5.75. The van der Waals surface area contributed by atoms with Crippen LogP contribution in [0.3, 0.4) is 0 Å². The van der Waals surface area contributed by atoms with E-state index in [1.807, 2.05) is 0 Å². The molecule has 2 heteroatoms. The van der Waals surface area contributed by atoms with Crippen LogP contribution in [0.5, 0.6) is 0 Å². The molecule has 0 radical (unpaired) electrons. The molecule has 1 fully saturated rings. The van der Waals surface area contributed by atoms with Crippen molar-refractivity contribution in [1.82, 2.24) is 0 Å². The topological polar surface area (TPSA) is 46.2 Å². The molecule has 0 saturated heterocycles. The molecule has 60 valence electrons. The van der Waals surface area contributed by atoms with Crippen LogP contribution >= 0.6 is 0 Å². The fraction of sp³-hybridized carbons (Fsp3) is 1.00. The second-order valence-electron chi connectivity index (χ2n) is 3.65. The first-order valence-corrected chi connectivity index (χ1v) is 4.06. The van der Waals surface area contributed by atoms with E-state index in [9.17, 15) is 5.11 Å². The monoisotopic (exact) mass is 143 g/mol. The first-order chi connectivity index (χ1) is 4.63. The van der Waals surface area contributed by atoms with E-state index in [1.165, 1.54) is 12.8 Å². The van der Waals surface area contributed by atoms with Crippen LogP contribution < -0.4 is 5.73 Å². The lowest BCUT2D eigenvalue weighted by molar-refractivity contribution is 0.103. The van der Waals surface area contributed by atoms with Gasteiger partial charge in [0.2, 0.25) is 0 Å². The second-order valence-corrected chi connectivity index (χ2v) is 3.65. The third kappa shape index (κ3) is 1.70. The van der Waals surface area contributed by atoms with E-state index in [-0.39, 0.29) is 12.1 Å². The predicted molar refractivity (Wildman–Crippen MR) is 41.5 cm³/mol. The van der Waals surface area contributed by atoms with Gasteiger partial charge in [0.25, 0.3) is 0 Å². The lowest BCUT2D eigenvalue weighted by atomic mass is 9.97. The van der Waals surface area contributed by atoms with Crippen LogP contribution in [-0.2, 0) is 0 Å². The Morgan fingerprint density at radius 3 is 2.20 bits per heavy atom. The van der Waals surface area contributed by atoms with Crippen LogP contribution in [-0.4, -0.2) is 17.3 Å². The average molecular weight is 143 g/mol. The van der Waals surface area contributed by atoms with Crippen LogP contribution in [0, 0.1) is 11.8 Å². The Balaban J connectivity index is 2.30. The summed E-state index contributed by atoms with van der Waals surface area (Å²) in [5, 5.41) is 9.50. The largest absolute Gasteiger partial charge is 0.391 e. The summed E-state index contributed by atoms with van der Waals surface area (Å²) < 4.78 is 0. The SMILES string of the molecule is CC(C)C(N)C(O)C1CC1. The molecule has 2 unspecified atom stereocenters. The maximum atomic E-state index is 9.50. The first-order valence-electron chi connectivity index (χ1n) is 4.06. The fourth-order valence-electron chi connectivity index (χ4n) is 1.15. The number of aliphatic hydroxyl groups is 1. The molecule has 0 aromatic rings. The van der Waals surface area contributed by atoms with E-state index in [1.54, 1.807) is 0 Å². The zero-order valence-corrected chi connectivity index (χ0v) is 6.75. The smallest absolute Gasteiger partial charge is 0.0721 e. The molecular formula is C8H17NO. The summed E-state index contributed by atoms with van der Waals surface area (Å²) in [6, 6.07) is -0.0208. The van der Waals surface area contributed by atoms with Gasteiger partial charge in [-0.15, -0.1) is 0 Å². The number of hydrogen-bond acceptors (Lipinski definition) is 2. The van der Waals surface area contributed by atoms with Gasteiger partial charge in [0, 0.05) is 6.04 Å². The lowest BCUT2D eigenvalue weighted by Crippen LogP contribution is -2.40. The molecular weight excluding hydrogens is 126 g/mol. The number of rotatable bonds is 3. The van der Waals surface area contributed by atoms with E-state index in [2.05, 4.69) is 13.8 Å². The van der Waals surface area contributed by atoms with E-state index < -0.39 is 0 Å². The van der Waals surface area contributed by atoms with Crippen LogP contribution in [0.4, 0.5) is 0 Å². The molecule has 2 atom stereocenters. The standard InChI is InChI=1S/C8H17NO/c1-5(2)7(9)8(10)6-3-4-6/h5-8,10H,3-4,9H2,1-2H3. The Hall–Kier alpha value is -0.0800. The van der Waals surface area contributed by atoms with Crippen LogP contribution in [0.25, 0.3) is 0 Å². The summed E-state index contributed by atoms with van der Waals surface area (Å²) in [6.07, 6.45) is 2.09. The summed E-state index contributed by atoms with van der Waals surface area (Å²) in [4.78, 5) is 0. The van der Waals surface area contributed by atoms with Crippen molar-refractivity contribution in [1.29, 1.82) is 0 Å². The molecule has 0 aromatic heterocycles. The van der Waals surface area contributed by atoms with Gasteiger partial charge in [0.15, 0.2) is 0 Å². The normalized spacial score (nSPS) is 24.9. The van der Waals surface area contributed by atoms with Gasteiger partial charge in [-0.1, -0.05) is 13.8 Å². The highest BCUT2D eigenvalue weighted by molar-refractivity contribution is 4.88. The highest BCUT2D eigenvalue weighted by atomic mass is 16.3. The van der Waals surface area contributed by atoms with Crippen molar-refractivity contribution in [2.75, 3.05) is 0 Å². The first kappa shape index (κ1) is 8.02. The van der Waals surface area contributed by atoms with E-state index in [0.717, 1.165) is 0 Å². The summed E-state index contributed by atoms with van der Waals surface area (Å²) in [6.45, 7) is 4.10. The van der Waals surface area contributed by atoms with Gasteiger partial charge in [-0.25, -0.2) is 0 Å². The minimum absolute atomic E-state index is 0.0208. The molecule has 1 aliphatic carbocycles. The Morgan fingerprint density at radius 1 is 1.40 bits per heavy atom. The summed E-state index contributed by atoms with van der Waals surface area (Å²) in [7, 11) is 0. The van der Waals surface area contributed by atoms with Crippen molar-refractivity contribution >= 4 is 0 Å². The lowest BCUT2D eigenvalue weighted by Gasteiger charge is -2.21. The van der Waals surface area contributed by atoms with Crippen molar-refractivity contribution < 1.29 is 5.11 Å². The maximum absolute atomic E-state index is 9.50. The molecule has 10 heavy (non-hydrogen) atoms. The van der Waals surface area contributed by atoms with Gasteiger partial charge >= 0.3 is 0 Å². The van der Waals surface area contributed by atoms with Crippen molar-refractivity contribution in [3.05, 3.63) is 0 Å². The maximum Gasteiger partial charge on any atom is 0.0721 e. The molecule has 0 aromatic carbocycles. The Labute approximate surface area is 62.4 Å². The van der Waals surface area contributed by atoms with Gasteiger partial charge in [-0.3, -0.25) is 0 Å². The zero-order chi connectivity index (χ0) is 7.72. The highest BCUT2D eigenvalue weighted by Crippen LogP contribution is 2.34. The number of nitrogens with two attached hydrogens (primary N) is 1. The molecule has 1 saturated carbocycles. The molecule has 2 nitrogen and oxygen atoms in total. The van der Waals surface area contributed by atoms with Gasteiger partial charge in [-0.05, 0) is 24.7 Å². The third-order valence-electron chi connectivity index (χ3n) is 2.27. The number of aliphatic hydroxyl groups excluding tert-OH is 1. The molecule has 0 amide bonds. The minimum atomic E-state index is -0.250. The molecule has 1 aliphatic rings. The van der Waals surface area contributed by atoms with Crippen LogP contribution in [0.15, 0.2) is 0 Å². The Bertz CT molecular complexity index is 104. The molecule has 0 spiro atoms. The summed E-state index contributed by atoms with van der Waals surface area (Å²) in [5.74, 6) is 0.910. The molecule has 3 N–H and O–H groups in total. The molecule has 0 bridgehead atoms. The Morgan fingerprint density at radius 2 is 1.90 bits per heavy atom.